The van der Waals surface area contributed by atoms with Gasteiger partial charge in [-0.2, -0.15) is 0 Å². The Kier molecular flexibility index (Phi) is 4.95. The predicted octanol–water partition coefficient (Wildman–Crippen LogP) is 2.15. The first kappa shape index (κ1) is 14.8. The van der Waals surface area contributed by atoms with Crippen molar-refractivity contribution in [1.29, 1.82) is 0 Å². The van der Waals surface area contributed by atoms with Crippen LogP contribution in [0.1, 0.15) is 30.1 Å². The van der Waals surface area contributed by atoms with Gasteiger partial charge in [0.1, 0.15) is 0 Å². The van der Waals surface area contributed by atoms with E-state index in [9.17, 15) is 9.59 Å². The lowest BCUT2D eigenvalue weighted by Crippen LogP contribution is -2.42. The van der Waals surface area contributed by atoms with Gasteiger partial charge in [-0.25, -0.2) is 0 Å². The Balaban J connectivity index is 2.07. The van der Waals surface area contributed by atoms with Gasteiger partial charge >= 0.3 is 5.97 Å². The lowest BCUT2D eigenvalue weighted by atomic mass is 9.97. The topological polar surface area (TPSA) is 59.5 Å². The number of aromatic nitrogens is 1. The molecule has 2 rings (SSSR count). The molecule has 1 aliphatic heterocycles. The highest BCUT2D eigenvalue weighted by atomic mass is 35.5. The fourth-order valence-corrected chi connectivity index (χ4v) is 2.53. The molecule has 2 heterocycles. The average molecular weight is 297 g/mol. The minimum absolute atomic E-state index is 0.161. The highest BCUT2D eigenvalue weighted by Gasteiger charge is 2.30. The molecule has 1 aromatic rings. The predicted molar refractivity (Wildman–Crippen MR) is 74.5 cm³/mol. The van der Waals surface area contributed by atoms with E-state index in [0.29, 0.717) is 30.3 Å². The number of halogens is 1. The van der Waals surface area contributed by atoms with Crippen LogP contribution in [-0.2, 0) is 9.53 Å². The first-order chi connectivity index (χ1) is 9.63. The molecule has 5 nitrogen and oxygen atoms in total. The molecular weight excluding hydrogens is 280 g/mol. The standard InChI is InChI=1S/C14H17ClN2O3/c1-2-20-14(19)10-4-3-7-17(9-10)13(18)11-5-6-16-8-12(11)15/h5-6,8,10H,2-4,7,9H2,1H3/t10-/m1/s1. The Morgan fingerprint density at radius 1 is 1.55 bits per heavy atom. The number of carbonyl (C=O) groups is 2. The van der Waals surface area contributed by atoms with Gasteiger partial charge in [-0.05, 0) is 25.8 Å². The second kappa shape index (κ2) is 6.70. The van der Waals surface area contributed by atoms with E-state index in [1.807, 2.05) is 0 Å². The number of likely N-dealkylation sites (tertiary alicyclic amines) is 1. The van der Waals surface area contributed by atoms with E-state index in [4.69, 9.17) is 16.3 Å². The number of pyridine rings is 1. The quantitative estimate of drug-likeness (QED) is 0.802. The summed E-state index contributed by atoms with van der Waals surface area (Å²) in [7, 11) is 0. The molecule has 0 aliphatic carbocycles. The van der Waals surface area contributed by atoms with E-state index >= 15 is 0 Å². The molecule has 108 valence electrons. The van der Waals surface area contributed by atoms with Crippen LogP contribution >= 0.6 is 11.6 Å². The molecule has 0 aromatic carbocycles. The normalized spacial score (nSPS) is 18.7. The van der Waals surface area contributed by atoms with Gasteiger partial charge in [0, 0.05) is 25.5 Å². The Morgan fingerprint density at radius 3 is 3.05 bits per heavy atom. The van der Waals surface area contributed by atoms with Crippen LogP contribution in [0, 0.1) is 5.92 Å². The Hall–Kier alpha value is -1.62. The lowest BCUT2D eigenvalue weighted by Gasteiger charge is -2.31. The minimum Gasteiger partial charge on any atom is -0.466 e. The molecule has 1 saturated heterocycles. The summed E-state index contributed by atoms with van der Waals surface area (Å²) in [4.78, 5) is 29.7. The third kappa shape index (κ3) is 3.28. The van der Waals surface area contributed by atoms with Crippen molar-refractivity contribution < 1.29 is 14.3 Å². The van der Waals surface area contributed by atoms with Crippen molar-refractivity contribution >= 4 is 23.5 Å². The highest BCUT2D eigenvalue weighted by Crippen LogP contribution is 2.22. The van der Waals surface area contributed by atoms with Gasteiger partial charge in [-0.1, -0.05) is 11.6 Å². The summed E-state index contributed by atoms with van der Waals surface area (Å²) >= 11 is 5.99. The Morgan fingerprint density at radius 2 is 2.35 bits per heavy atom. The van der Waals surface area contributed by atoms with Crippen LogP contribution < -0.4 is 0 Å². The van der Waals surface area contributed by atoms with Crippen molar-refractivity contribution in [1.82, 2.24) is 9.88 Å². The summed E-state index contributed by atoms with van der Waals surface area (Å²) in [5, 5.41) is 0.329. The monoisotopic (exact) mass is 296 g/mol. The van der Waals surface area contributed by atoms with E-state index in [2.05, 4.69) is 4.98 Å². The SMILES string of the molecule is CCOC(=O)[C@@H]1CCCN(C(=O)c2ccncc2Cl)C1. The number of hydrogen-bond acceptors (Lipinski definition) is 4. The molecule has 1 atom stereocenters. The minimum atomic E-state index is -0.242. The molecule has 1 amide bonds. The summed E-state index contributed by atoms with van der Waals surface area (Å²) < 4.78 is 5.03. The van der Waals surface area contributed by atoms with Gasteiger partial charge in [-0.3, -0.25) is 14.6 Å². The molecule has 0 bridgehead atoms. The fraction of sp³-hybridized carbons (Fsp3) is 0.500. The number of hydrogen-bond donors (Lipinski definition) is 0. The molecule has 1 aliphatic rings. The van der Waals surface area contributed by atoms with Crippen molar-refractivity contribution in [3.8, 4) is 0 Å². The van der Waals surface area contributed by atoms with Gasteiger partial charge in [0.15, 0.2) is 0 Å². The van der Waals surface area contributed by atoms with Crippen LogP contribution in [0.15, 0.2) is 18.5 Å². The van der Waals surface area contributed by atoms with Crippen LogP contribution in [0.5, 0.6) is 0 Å². The van der Waals surface area contributed by atoms with Gasteiger partial charge in [0.25, 0.3) is 5.91 Å². The molecule has 1 aromatic heterocycles. The van der Waals surface area contributed by atoms with Gasteiger partial charge in [-0.15, -0.1) is 0 Å². The lowest BCUT2D eigenvalue weighted by molar-refractivity contribution is -0.149. The first-order valence-electron chi connectivity index (χ1n) is 6.69. The van der Waals surface area contributed by atoms with Gasteiger partial charge in [0.05, 0.1) is 23.1 Å². The molecule has 0 radical (unpaired) electrons. The van der Waals surface area contributed by atoms with E-state index in [-0.39, 0.29) is 17.8 Å². The van der Waals surface area contributed by atoms with Crippen molar-refractivity contribution in [2.45, 2.75) is 19.8 Å². The molecular formula is C14H17ClN2O3. The van der Waals surface area contributed by atoms with Gasteiger partial charge in [0.2, 0.25) is 0 Å². The number of rotatable bonds is 3. The van der Waals surface area contributed by atoms with Crippen molar-refractivity contribution in [2.24, 2.45) is 5.92 Å². The molecule has 0 unspecified atom stereocenters. The highest BCUT2D eigenvalue weighted by molar-refractivity contribution is 6.33. The zero-order chi connectivity index (χ0) is 14.5. The number of amides is 1. The molecule has 20 heavy (non-hydrogen) atoms. The van der Waals surface area contributed by atoms with E-state index in [0.717, 1.165) is 12.8 Å². The van der Waals surface area contributed by atoms with Crippen LogP contribution in [0.4, 0.5) is 0 Å². The summed E-state index contributed by atoms with van der Waals surface area (Å²) in [5.74, 6) is -0.634. The summed E-state index contributed by atoms with van der Waals surface area (Å²) in [6, 6.07) is 1.60. The zero-order valence-electron chi connectivity index (χ0n) is 11.3. The summed E-state index contributed by atoms with van der Waals surface area (Å²) in [6.45, 7) is 3.16. The van der Waals surface area contributed by atoms with Crippen molar-refractivity contribution in [3.63, 3.8) is 0 Å². The van der Waals surface area contributed by atoms with Gasteiger partial charge < -0.3 is 9.64 Å². The smallest absolute Gasteiger partial charge is 0.310 e. The number of carbonyl (C=O) groups excluding carboxylic acids is 2. The fourth-order valence-electron chi connectivity index (χ4n) is 2.33. The Bertz CT molecular complexity index is 507. The Labute approximate surface area is 122 Å². The molecule has 1 fully saturated rings. The maximum absolute atomic E-state index is 12.4. The van der Waals surface area contributed by atoms with Crippen LogP contribution in [0.2, 0.25) is 5.02 Å². The number of ether oxygens (including phenoxy) is 1. The van der Waals surface area contributed by atoms with Crippen LogP contribution in [-0.4, -0.2) is 41.5 Å². The second-order valence-electron chi connectivity index (χ2n) is 4.70. The maximum Gasteiger partial charge on any atom is 0.310 e. The van der Waals surface area contributed by atoms with Crippen LogP contribution in [0.3, 0.4) is 0 Å². The van der Waals surface area contributed by atoms with E-state index in [1.54, 1.807) is 17.9 Å². The van der Waals surface area contributed by atoms with Crippen molar-refractivity contribution in [3.05, 3.63) is 29.0 Å². The molecule has 0 N–H and O–H groups in total. The first-order valence-corrected chi connectivity index (χ1v) is 7.06. The summed E-state index contributed by atoms with van der Waals surface area (Å²) in [6.07, 6.45) is 4.53. The van der Waals surface area contributed by atoms with E-state index < -0.39 is 0 Å². The maximum atomic E-state index is 12.4. The molecule has 6 heteroatoms. The largest absolute Gasteiger partial charge is 0.466 e. The second-order valence-corrected chi connectivity index (χ2v) is 5.11. The van der Waals surface area contributed by atoms with Crippen molar-refractivity contribution in [2.75, 3.05) is 19.7 Å². The number of esters is 1. The van der Waals surface area contributed by atoms with E-state index in [1.165, 1.54) is 12.4 Å². The zero-order valence-corrected chi connectivity index (χ0v) is 12.1. The molecule has 0 saturated carbocycles. The van der Waals surface area contributed by atoms with Crippen LogP contribution in [0.25, 0.3) is 0 Å². The average Bonchev–Trinajstić information content (AvgIpc) is 2.47. The number of nitrogens with zero attached hydrogens (tertiary/aromatic N) is 2. The molecule has 0 spiro atoms. The third-order valence-electron chi connectivity index (χ3n) is 3.33. The third-order valence-corrected chi connectivity index (χ3v) is 3.63. The summed E-state index contributed by atoms with van der Waals surface area (Å²) in [5.41, 5.74) is 0.422. The number of piperidine rings is 1.